The fourth-order valence-electron chi connectivity index (χ4n) is 9.80. The van der Waals surface area contributed by atoms with Gasteiger partial charge in [0.15, 0.2) is 5.58 Å². The number of fused-ring (bicyclic) bond motifs is 6. The minimum atomic E-state index is -0.0849. The number of hydrogen-bond donors (Lipinski definition) is 0. The molecule has 0 amide bonds. The Kier molecular flexibility index (Phi) is 7.90. The van der Waals surface area contributed by atoms with Gasteiger partial charge >= 0.3 is 0 Å². The van der Waals surface area contributed by atoms with Crippen LogP contribution < -0.4 is 4.90 Å². The summed E-state index contributed by atoms with van der Waals surface area (Å²) >= 11 is 1.69. The molecular formula is C53H43N3OS. The number of hydrogen-bond acceptors (Lipinski definition) is 5. The number of anilines is 3. The molecule has 1 unspecified atom stereocenters. The molecule has 1 aliphatic carbocycles. The van der Waals surface area contributed by atoms with Gasteiger partial charge in [0.05, 0.1) is 21.6 Å². The van der Waals surface area contributed by atoms with Crippen molar-refractivity contribution in [3.8, 4) is 22.0 Å². The van der Waals surface area contributed by atoms with Gasteiger partial charge in [-0.25, -0.2) is 9.97 Å². The lowest BCUT2D eigenvalue weighted by Gasteiger charge is -2.42. The Labute approximate surface area is 343 Å². The summed E-state index contributed by atoms with van der Waals surface area (Å²) in [4.78, 5) is 12.4. The summed E-state index contributed by atoms with van der Waals surface area (Å²) in [5.41, 5.74) is 17.8. The van der Waals surface area contributed by atoms with Crippen molar-refractivity contribution in [1.29, 1.82) is 0 Å². The van der Waals surface area contributed by atoms with Crippen LogP contribution in [0, 0.1) is 0 Å². The maximum atomic E-state index is 6.39. The first-order valence-electron chi connectivity index (χ1n) is 20.3. The van der Waals surface area contributed by atoms with E-state index in [2.05, 4.69) is 184 Å². The summed E-state index contributed by atoms with van der Waals surface area (Å²) < 4.78 is 7.49. The van der Waals surface area contributed by atoms with Crippen LogP contribution >= 0.6 is 11.3 Å². The van der Waals surface area contributed by atoms with Gasteiger partial charge in [-0.3, -0.25) is 0 Å². The zero-order valence-electron chi connectivity index (χ0n) is 33.2. The lowest BCUT2D eigenvalue weighted by Crippen LogP contribution is -2.30. The molecule has 1 aliphatic heterocycles. The van der Waals surface area contributed by atoms with E-state index in [1.807, 2.05) is 6.07 Å². The molecule has 5 heteroatoms. The normalized spacial score (nSPS) is 16.3. The molecule has 282 valence electrons. The zero-order valence-corrected chi connectivity index (χ0v) is 34.0. The highest BCUT2D eigenvalue weighted by Gasteiger charge is 2.37. The maximum absolute atomic E-state index is 6.39. The zero-order chi connectivity index (χ0) is 39.2. The van der Waals surface area contributed by atoms with Gasteiger partial charge < -0.3 is 9.32 Å². The van der Waals surface area contributed by atoms with Gasteiger partial charge in [-0.15, -0.1) is 11.3 Å². The van der Waals surface area contributed by atoms with Crippen molar-refractivity contribution in [1.82, 2.24) is 9.97 Å². The molecule has 3 heterocycles. The van der Waals surface area contributed by atoms with E-state index in [-0.39, 0.29) is 10.8 Å². The molecule has 11 rings (SSSR count). The molecule has 1 atom stereocenters. The summed E-state index contributed by atoms with van der Waals surface area (Å²) in [6, 6.07) is 57.4. The van der Waals surface area contributed by atoms with Crippen LogP contribution in [0.4, 0.5) is 17.1 Å². The van der Waals surface area contributed by atoms with Crippen LogP contribution in [0.3, 0.4) is 0 Å². The van der Waals surface area contributed by atoms with Crippen LogP contribution in [0.1, 0.15) is 72.6 Å². The first kappa shape index (κ1) is 34.9. The maximum Gasteiger partial charge on any atom is 0.227 e. The van der Waals surface area contributed by atoms with Crippen molar-refractivity contribution in [2.45, 2.75) is 57.3 Å². The van der Waals surface area contributed by atoms with Crippen molar-refractivity contribution in [3.63, 3.8) is 0 Å². The van der Waals surface area contributed by atoms with Crippen LogP contribution in [0.25, 0.3) is 43.3 Å². The summed E-state index contributed by atoms with van der Waals surface area (Å²) in [7, 11) is 0. The predicted molar refractivity (Wildman–Crippen MR) is 240 cm³/mol. The molecule has 0 saturated carbocycles. The highest BCUT2D eigenvalue weighted by Crippen LogP contribution is 2.52. The molecule has 0 N–H and O–H groups in total. The summed E-state index contributed by atoms with van der Waals surface area (Å²) in [6.45, 7) is 9.38. The van der Waals surface area contributed by atoms with Crippen LogP contribution in [-0.2, 0) is 23.7 Å². The molecule has 0 saturated heterocycles. The minimum Gasteiger partial charge on any atom is -0.436 e. The molecule has 0 fully saturated rings. The molecule has 58 heavy (non-hydrogen) atoms. The van der Waals surface area contributed by atoms with E-state index in [0.717, 1.165) is 56.0 Å². The highest BCUT2D eigenvalue weighted by atomic mass is 32.1. The fraction of sp³-hybridized carbons (Fsp3) is 0.170. The monoisotopic (exact) mass is 769 g/mol. The van der Waals surface area contributed by atoms with Gasteiger partial charge in [-0.1, -0.05) is 125 Å². The van der Waals surface area contributed by atoms with Gasteiger partial charge in [-0.05, 0) is 112 Å². The van der Waals surface area contributed by atoms with Crippen LogP contribution in [0.5, 0.6) is 0 Å². The molecule has 9 aromatic rings. The SMILES string of the molecule is CC1(C)c2ccccc2CC(Cc2ccc(-c3nc4cc5sc(-c6ccc(N7c8ccccc8C(C)(C)c8ccccc87)cc6)nc5cc4o3)cc2)c2ccccc21. The van der Waals surface area contributed by atoms with Gasteiger partial charge in [0.25, 0.3) is 0 Å². The second-order valence-electron chi connectivity index (χ2n) is 17.0. The topological polar surface area (TPSA) is 42.2 Å². The van der Waals surface area contributed by atoms with Gasteiger partial charge in [0.2, 0.25) is 5.89 Å². The van der Waals surface area contributed by atoms with E-state index in [4.69, 9.17) is 14.4 Å². The number of thiazole rings is 1. The molecule has 4 nitrogen and oxygen atoms in total. The van der Waals surface area contributed by atoms with Crippen molar-refractivity contribution in [3.05, 3.63) is 197 Å². The number of rotatable bonds is 5. The van der Waals surface area contributed by atoms with E-state index >= 15 is 0 Å². The smallest absolute Gasteiger partial charge is 0.227 e. The largest absolute Gasteiger partial charge is 0.436 e. The Hall–Kier alpha value is -6.30. The first-order chi connectivity index (χ1) is 28.2. The molecule has 0 radical (unpaired) electrons. The number of benzene rings is 7. The molecule has 2 aromatic heterocycles. The Morgan fingerprint density at radius 1 is 0.603 bits per heavy atom. The van der Waals surface area contributed by atoms with Crippen LogP contribution in [0.15, 0.2) is 162 Å². The van der Waals surface area contributed by atoms with Gasteiger partial charge in [-0.2, -0.15) is 0 Å². The number of oxazole rings is 1. The Morgan fingerprint density at radius 2 is 1.21 bits per heavy atom. The lowest BCUT2D eigenvalue weighted by atomic mass is 9.73. The standard InChI is InChI=1S/C53H43N3OS/c1-52(2)40-15-7-5-13-36(40)30-37(39-14-6-8-16-41(39)52)29-33-21-23-34(24-22-33)50-54-44-32-49-45(31-48(44)57-50)55-51(58-49)35-25-27-38(28-26-35)56-46-19-11-9-17-42(46)53(3,4)43-18-10-12-20-47(43)56/h5-28,31-32,37H,29-30H2,1-4H3. The third kappa shape index (κ3) is 5.55. The number of para-hydroxylation sites is 2. The fourth-order valence-corrected chi connectivity index (χ4v) is 10.8. The molecule has 0 bridgehead atoms. The first-order valence-corrected chi connectivity index (χ1v) is 21.1. The van der Waals surface area contributed by atoms with E-state index in [1.54, 1.807) is 11.3 Å². The van der Waals surface area contributed by atoms with Gasteiger partial charge in [0, 0.05) is 33.7 Å². The molecule has 2 aliphatic rings. The number of nitrogens with zero attached hydrogens (tertiary/aromatic N) is 3. The van der Waals surface area contributed by atoms with Gasteiger partial charge in [0.1, 0.15) is 10.5 Å². The average molecular weight is 770 g/mol. The number of aromatic nitrogens is 2. The third-order valence-electron chi connectivity index (χ3n) is 12.8. The molecular weight excluding hydrogens is 727 g/mol. The summed E-state index contributed by atoms with van der Waals surface area (Å²) in [6.07, 6.45) is 2.00. The summed E-state index contributed by atoms with van der Waals surface area (Å²) in [5.74, 6) is 1.03. The second kappa shape index (κ2) is 13.1. The van der Waals surface area contributed by atoms with E-state index < -0.39 is 0 Å². The van der Waals surface area contributed by atoms with Crippen molar-refractivity contribution < 1.29 is 4.42 Å². The van der Waals surface area contributed by atoms with Crippen LogP contribution in [0.2, 0.25) is 0 Å². The van der Waals surface area contributed by atoms with E-state index in [9.17, 15) is 0 Å². The quantitative estimate of drug-likeness (QED) is 0.175. The van der Waals surface area contributed by atoms with Crippen molar-refractivity contribution in [2.75, 3.05) is 4.90 Å². The summed E-state index contributed by atoms with van der Waals surface area (Å²) in [5, 5.41) is 0.980. The van der Waals surface area contributed by atoms with Crippen LogP contribution in [-0.4, -0.2) is 9.97 Å². The molecule has 7 aromatic carbocycles. The van der Waals surface area contributed by atoms with Crippen molar-refractivity contribution >= 4 is 49.7 Å². The third-order valence-corrected chi connectivity index (χ3v) is 13.9. The second-order valence-corrected chi connectivity index (χ2v) is 18.1. The minimum absolute atomic E-state index is 0.0389. The predicted octanol–water partition coefficient (Wildman–Crippen LogP) is 14.1. The lowest BCUT2D eigenvalue weighted by molar-refractivity contribution is 0.620. The molecule has 0 spiro atoms. The highest BCUT2D eigenvalue weighted by molar-refractivity contribution is 7.21. The Bertz CT molecular complexity index is 2920. The van der Waals surface area contributed by atoms with Crippen molar-refractivity contribution in [2.24, 2.45) is 0 Å². The van der Waals surface area contributed by atoms with E-state index in [0.29, 0.717) is 11.8 Å². The van der Waals surface area contributed by atoms with E-state index in [1.165, 1.54) is 50.3 Å². The Balaban J connectivity index is 0.848. The average Bonchev–Trinajstić information content (AvgIpc) is 3.85. The Morgan fingerprint density at radius 3 is 1.93 bits per heavy atom.